The number of fused-ring (bicyclic) bond motifs is 1. The number of hydrogen-bond donors (Lipinski definition) is 1. The fourth-order valence-corrected chi connectivity index (χ4v) is 4.37. The molecule has 0 saturated heterocycles. The maximum Gasteiger partial charge on any atom is 0.0482 e. The van der Waals surface area contributed by atoms with Crippen LogP contribution in [-0.2, 0) is 6.42 Å². The molecule has 0 aromatic carbocycles. The van der Waals surface area contributed by atoms with Crippen LogP contribution in [0.1, 0.15) is 56.2 Å². The van der Waals surface area contributed by atoms with Gasteiger partial charge in [0.15, 0.2) is 0 Å². The lowest BCUT2D eigenvalue weighted by Gasteiger charge is -2.36. The summed E-state index contributed by atoms with van der Waals surface area (Å²) in [5.41, 5.74) is 2.86. The molecule has 1 saturated carbocycles. The predicted molar refractivity (Wildman–Crippen MR) is 79.3 cm³/mol. The van der Waals surface area contributed by atoms with Crippen LogP contribution in [0, 0.1) is 11.8 Å². The Bertz CT molecular complexity index is 429. The van der Waals surface area contributed by atoms with Crippen molar-refractivity contribution in [2.75, 3.05) is 7.05 Å². The number of aromatic nitrogens is 1. The van der Waals surface area contributed by atoms with E-state index in [0.29, 0.717) is 12.0 Å². The quantitative estimate of drug-likeness (QED) is 0.897. The minimum atomic E-state index is 0.624. The maximum absolute atomic E-state index is 4.68. The third-order valence-electron chi connectivity index (χ3n) is 5.25. The van der Waals surface area contributed by atoms with Gasteiger partial charge in [-0.25, -0.2) is 0 Å². The normalized spacial score (nSPS) is 32.0. The third kappa shape index (κ3) is 2.55. The molecule has 1 aromatic heterocycles. The second kappa shape index (κ2) is 5.62. The lowest BCUT2D eigenvalue weighted by Crippen LogP contribution is -2.40. The summed E-state index contributed by atoms with van der Waals surface area (Å²) in [5.74, 6) is 2.38. The van der Waals surface area contributed by atoms with E-state index in [2.05, 4.69) is 36.4 Å². The first-order valence-electron chi connectivity index (χ1n) is 7.90. The topological polar surface area (TPSA) is 24.9 Å². The molecule has 4 atom stereocenters. The Kier molecular flexibility index (Phi) is 3.88. The van der Waals surface area contributed by atoms with E-state index in [-0.39, 0.29) is 0 Å². The summed E-state index contributed by atoms with van der Waals surface area (Å²) >= 11 is 0. The summed E-state index contributed by atoms with van der Waals surface area (Å²) in [4.78, 5) is 4.68. The van der Waals surface area contributed by atoms with Crippen molar-refractivity contribution in [1.29, 1.82) is 0 Å². The van der Waals surface area contributed by atoms with Crippen LogP contribution >= 0.6 is 0 Å². The molecule has 104 valence electrons. The van der Waals surface area contributed by atoms with Crippen LogP contribution in [0.25, 0.3) is 0 Å². The number of aryl methyl sites for hydroxylation is 1. The minimum absolute atomic E-state index is 0.624. The minimum Gasteiger partial charge on any atom is -0.316 e. The van der Waals surface area contributed by atoms with Gasteiger partial charge < -0.3 is 5.32 Å². The highest BCUT2D eigenvalue weighted by Gasteiger charge is 2.36. The highest BCUT2D eigenvalue weighted by molar-refractivity contribution is 5.30. The number of likely N-dealkylation sites (N-methyl/N-ethyl adjacent to an activating group) is 1. The Morgan fingerprint density at radius 1 is 1.32 bits per heavy atom. The number of nitrogens with zero attached hydrogens (tertiary/aromatic N) is 1. The van der Waals surface area contributed by atoms with E-state index in [4.69, 9.17) is 0 Å². The van der Waals surface area contributed by atoms with Gasteiger partial charge in [0.25, 0.3) is 0 Å². The van der Waals surface area contributed by atoms with Gasteiger partial charge in [-0.3, -0.25) is 4.98 Å². The molecule has 4 unspecified atom stereocenters. The molecular weight excluding hydrogens is 232 g/mol. The fraction of sp³-hybridized carbons (Fsp3) is 0.706. The zero-order valence-electron chi connectivity index (χ0n) is 12.2. The molecule has 2 heteroatoms. The molecule has 1 heterocycles. The van der Waals surface area contributed by atoms with Crippen molar-refractivity contribution in [2.45, 2.75) is 57.4 Å². The van der Waals surface area contributed by atoms with E-state index in [1.807, 2.05) is 6.20 Å². The van der Waals surface area contributed by atoms with Crippen LogP contribution in [0.2, 0.25) is 0 Å². The van der Waals surface area contributed by atoms with Crippen LogP contribution in [-0.4, -0.2) is 18.1 Å². The Hall–Kier alpha value is -0.890. The molecule has 2 aliphatic rings. The van der Waals surface area contributed by atoms with E-state index < -0.39 is 0 Å². The molecule has 0 amide bonds. The van der Waals surface area contributed by atoms with Crippen molar-refractivity contribution in [3.8, 4) is 0 Å². The molecule has 1 fully saturated rings. The van der Waals surface area contributed by atoms with Crippen molar-refractivity contribution in [2.24, 2.45) is 11.8 Å². The molecule has 2 aliphatic carbocycles. The van der Waals surface area contributed by atoms with Crippen molar-refractivity contribution >= 4 is 0 Å². The van der Waals surface area contributed by atoms with Crippen LogP contribution in [0.3, 0.4) is 0 Å². The maximum atomic E-state index is 4.68. The van der Waals surface area contributed by atoms with Gasteiger partial charge in [-0.15, -0.1) is 0 Å². The van der Waals surface area contributed by atoms with Crippen LogP contribution in [0.15, 0.2) is 18.3 Å². The smallest absolute Gasteiger partial charge is 0.0482 e. The SMILES string of the molecule is CNC(C1CCCC(C)C1)C1CCc2cccnc21. The van der Waals surface area contributed by atoms with Crippen molar-refractivity contribution < 1.29 is 0 Å². The van der Waals surface area contributed by atoms with Crippen molar-refractivity contribution in [3.63, 3.8) is 0 Å². The third-order valence-corrected chi connectivity index (χ3v) is 5.25. The summed E-state index contributed by atoms with van der Waals surface area (Å²) in [6, 6.07) is 4.97. The van der Waals surface area contributed by atoms with Gasteiger partial charge >= 0.3 is 0 Å². The molecule has 0 radical (unpaired) electrons. The van der Waals surface area contributed by atoms with Gasteiger partial charge in [-0.1, -0.05) is 25.8 Å². The first-order valence-corrected chi connectivity index (χ1v) is 7.90. The Morgan fingerprint density at radius 2 is 2.21 bits per heavy atom. The summed E-state index contributed by atoms with van der Waals surface area (Å²) in [6.07, 6.45) is 10.1. The second-order valence-electron chi connectivity index (χ2n) is 6.54. The monoisotopic (exact) mass is 258 g/mol. The molecule has 1 aromatic rings. The fourth-order valence-electron chi connectivity index (χ4n) is 4.37. The molecule has 0 aliphatic heterocycles. The predicted octanol–water partition coefficient (Wildman–Crippen LogP) is 3.53. The van der Waals surface area contributed by atoms with Gasteiger partial charge in [-0.2, -0.15) is 0 Å². The highest BCUT2D eigenvalue weighted by atomic mass is 14.9. The highest BCUT2D eigenvalue weighted by Crippen LogP contribution is 2.41. The van der Waals surface area contributed by atoms with Gasteiger partial charge in [0.1, 0.15) is 0 Å². The number of rotatable bonds is 3. The lowest BCUT2D eigenvalue weighted by atomic mass is 9.74. The van der Waals surface area contributed by atoms with E-state index in [1.54, 1.807) is 0 Å². The van der Waals surface area contributed by atoms with Crippen LogP contribution in [0.4, 0.5) is 0 Å². The van der Waals surface area contributed by atoms with Gasteiger partial charge in [-0.05, 0) is 56.2 Å². The van der Waals surface area contributed by atoms with E-state index in [0.717, 1.165) is 11.8 Å². The summed E-state index contributed by atoms with van der Waals surface area (Å²) in [6.45, 7) is 2.42. The molecule has 2 nitrogen and oxygen atoms in total. The van der Waals surface area contributed by atoms with Gasteiger partial charge in [0, 0.05) is 23.9 Å². The Balaban J connectivity index is 1.80. The molecule has 19 heavy (non-hydrogen) atoms. The Labute approximate surface area is 117 Å². The van der Waals surface area contributed by atoms with Gasteiger partial charge in [0.2, 0.25) is 0 Å². The number of pyridine rings is 1. The first kappa shape index (κ1) is 13.1. The van der Waals surface area contributed by atoms with Gasteiger partial charge in [0.05, 0.1) is 0 Å². The average Bonchev–Trinajstić information content (AvgIpc) is 2.84. The number of hydrogen-bond acceptors (Lipinski definition) is 2. The second-order valence-corrected chi connectivity index (χ2v) is 6.54. The molecule has 1 N–H and O–H groups in total. The largest absolute Gasteiger partial charge is 0.316 e. The zero-order valence-corrected chi connectivity index (χ0v) is 12.2. The standard InChI is InChI=1S/C17H26N2/c1-12-5-3-6-14(11-12)16(18-2)15-9-8-13-7-4-10-19-17(13)15/h4,7,10,12,14-16,18H,3,5-6,8-9,11H2,1-2H3. The van der Waals surface area contributed by atoms with E-state index in [1.165, 1.54) is 49.8 Å². The first-order chi connectivity index (χ1) is 9.29. The average molecular weight is 258 g/mol. The van der Waals surface area contributed by atoms with Crippen LogP contribution < -0.4 is 5.32 Å². The number of nitrogens with one attached hydrogen (secondary N) is 1. The molecule has 0 spiro atoms. The summed E-state index contributed by atoms with van der Waals surface area (Å²) < 4.78 is 0. The van der Waals surface area contributed by atoms with E-state index in [9.17, 15) is 0 Å². The summed E-state index contributed by atoms with van der Waals surface area (Å²) in [7, 11) is 2.14. The van der Waals surface area contributed by atoms with E-state index >= 15 is 0 Å². The molecular formula is C17H26N2. The lowest BCUT2D eigenvalue weighted by molar-refractivity contribution is 0.206. The van der Waals surface area contributed by atoms with Crippen molar-refractivity contribution in [3.05, 3.63) is 29.6 Å². The molecule has 0 bridgehead atoms. The van der Waals surface area contributed by atoms with Crippen molar-refractivity contribution in [1.82, 2.24) is 10.3 Å². The van der Waals surface area contributed by atoms with Crippen LogP contribution in [0.5, 0.6) is 0 Å². The Morgan fingerprint density at radius 3 is 3.00 bits per heavy atom. The summed E-state index contributed by atoms with van der Waals surface area (Å²) in [5, 5.41) is 3.64. The zero-order chi connectivity index (χ0) is 13.2. The molecule has 3 rings (SSSR count).